The van der Waals surface area contributed by atoms with Gasteiger partial charge in [-0.1, -0.05) is 0 Å². The molecule has 0 saturated carbocycles. The number of nitrogens with zero attached hydrogens (tertiary/aromatic N) is 5. The Bertz CT molecular complexity index is 815. The number of hydrogen-bond donors (Lipinski definition) is 1. The van der Waals surface area contributed by atoms with Crippen LogP contribution in [-0.2, 0) is 21.1 Å². The average molecular weight is 294 g/mol. The number of rotatable bonds is 3. The Labute approximate surface area is 118 Å². The Balaban J connectivity index is 2.36. The first kappa shape index (κ1) is 14.5. The fourth-order valence-electron chi connectivity index (χ4n) is 1.67. The standard InChI is InChI=1S/C11H14N6O4/c1-15-6(5-7(18)16(2)11(15)20)12-9(19)8-13-10(21-4)17(3)14-8/h5H,1-4H3,(H,12,19). The van der Waals surface area contributed by atoms with E-state index in [1.54, 1.807) is 7.05 Å². The second-order valence-corrected chi connectivity index (χ2v) is 4.27. The van der Waals surface area contributed by atoms with E-state index < -0.39 is 17.2 Å². The topological polar surface area (TPSA) is 113 Å². The molecule has 1 amide bonds. The number of aromatic nitrogens is 5. The van der Waals surface area contributed by atoms with E-state index in [9.17, 15) is 14.4 Å². The molecule has 112 valence electrons. The van der Waals surface area contributed by atoms with Gasteiger partial charge in [0.15, 0.2) is 0 Å². The van der Waals surface area contributed by atoms with Crippen LogP contribution in [0.15, 0.2) is 15.7 Å². The van der Waals surface area contributed by atoms with E-state index in [1.807, 2.05) is 0 Å². The normalized spacial score (nSPS) is 10.5. The van der Waals surface area contributed by atoms with Crippen molar-refractivity contribution in [2.24, 2.45) is 21.1 Å². The van der Waals surface area contributed by atoms with Crippen LogP contribution in [0.5, 0.6) is 6.01 Å². The first-order valence-electron chi connectivity index (χ1n) is 5.88. The van der Waals surface area contributed by atoms with Gasteiger partial charge >= 0.3 is 11.7 Å². The van der Waals surface area contributed by atoms with Crippen LogP contribution in [0, 0.1) is 0 Å². The number of hydrogen-bond acceptors (Lipinski definition) is 6. The molecule has 0 aliphatic carbocycles. The van der Waals surface area contributed by atoms with Crippen LogP contribution in [0.1, 0.15) is 10.6 Å². The maximum absolute atomic E-state index is 12.0. The Hall–Kier alpha value is -2.91. The van der Waals surface area contributed by atoms with E-state index in [1.165, 1.54) is 25.9 Å². The first-order chi connectivity index (χ1) is 9.85. The lowest BCUT2D eigenvalue weighted by molar-refractivity contribution is 0.101. The number of carbonyl (C=O) groups excluding carboxylic acids is 1. The summed E-state index contributed by atoms with van der Waals surface area (Å²) in [4.78, 5) is 39.2. The van der Waals surface area contributed by atoms with Crippen molar-refractivity contribution in [3.63, 3.8) is 0 Å². The van der Waals surface area contributed by atoms with Crippen molar-refractivity contribution in [2.45, 2.75) is 0 Å². The summed E-state index contributed by atoms with van der Waals surface area (Å²) in [6.07, 6.45) is 0. The van der Waals surface area contributed by atoms with Gasteiger partial charge in [0.2, 0.25) is 5.82 Å². The average Bonchev–Trinajstić information content (AvgIpc) is 2.83. The second kappa shape index (κ2) is 5.23. The van der Waals surface area contributed by atoms with Gasteiger partial charge in [0.05, 0.1) is 7.11 Å². The highest BCUT2D eigenvalue weighted by Crippen LogP contribution is 2.07. The molecule has 2 heterocycles. The molecule has 0 aliphatic rings. The van der Waals surface area contributed by atoms with Crippen molar-refractivity contribution >= 4 is 11.7 Å². The molecule has 0 spiro atoms. The van der Waals surface area contributed by atoms with Gasteiger partial charge in [-0.2, -0.15) is 4.98 Å². The van der Waals surface area contributed by atoms with Gasteiger partial charge in [-0.25, -0.2) is 9.48 Å². The molecule has 21 heavy (non-hydrogen) atoms. The molecule has 10 nitrogen and oxygen atoms in total. The molecule has 2 aromatic heterocycles. The number of nitrogens with one attached hydrogen (secondary N) is 1. The van der Waals surface area contributed by atoms with E-state index in [0.29, 0.717) is 0 Å². The third-order valence-electron chi connectivity index (χ3n) is 2.88. The summed E-state index contributed by atoms with van der Waals surface area (Å²) < 4.78 is 8.26. The summed E-state index contributed by atoms with van der Waals surface area (Å²) in [5.74, 6) is -0.737. The van der Waals surface area contributed by atoms with Crippen LogP contribution in [0.3, 0.4) is 0 Å². The summed E-state index contributed by atoms with van der Waals surface area (Å²) in [5, 5.41) is 6.28. The fraction of sp³-hybridized carbons (Fsp3) is 0.364. The van der Waals surface area contributed by atoms with Crippen LogP contribution in [0.25, 0.3) is 0 Å². The van der Waals surface area contributed by atoms with Gasteiger partial charge in [-0.05, 0) is 0 Å². The molecule has 2 aromatic rings. The zero-order valence-corrected chi connectivity index (χ0v) is 11.9. The molecule has 0 bridgehead atoms. The summed E-state index contributed by atoms with van der Waals surface area (Å²) in [6.45, 7) is 0. The highest BCUT2D eigenvalue weighted by Gasteiger charge is 2.17. The zero-order valence-electron chi connectivity index (χ0n) is 11.9. The molecular formula is C11H14N6O4. The molecule has 0 radical (unpaired) electrons. The number of aryl methyl sites for hydroxylation is 1. The third kappa shape index (κ3) is 2.55. The highest BCUT2D eigenvalue weighted by molar-refractivity contribution is 6.00. The van der Waals surface area contributed by atoms with E-state index in [-0.39, 0.29) is 17.7 Å². The van der Waals surface area contributed by atoms with Crippen molar-refractivity contribution in [2.75, 3.05) is 12.4 Å². The Morgan fingerprint density at radius 1 is 1.24 bits per heavy atom. The minimum atomic E-state index is -0.655. The van der Waals surface area contributed by atoms with Gasteiger partial charge in [0.25, 0.3) is 11.5 Å². The molecule has 0 fully saturated rings. The summed E-state index contributed by atoms with van der Waals surface area (Å²) in [6, 6.07) is 1.30. The number of anilines is 1. The van der Waals surface area contributed by atoms with Crippen molar-refractivity contribution in [3.05, 3.63) is 32.7 Å². The van der Waals surface area contributed by atoms with Crippen molar-refractivity contribution in [1.82, 2.24) is 23.9 Å². The number of methoxy groups -OCH3 is 1. The monoisotopic (exact) mass is 294 g/mol. The first-order valence-corrected chi connectivity index (χ1v) is 5.88. The quantitative estimate of drug-likeness (QED) is 0.735. The lowest BCUT2D eigenvalue weighted by Gasteiger charge is -2.09. The van der Waals surface area contributed by atoms with Crippen LogP contribution < -0.4 is 21.3 Å². The summed E-state index contributed by atoms with van der Waals surface area (Å²) in [7, 11) is 5.75. The van der Waals surface area contributed by atoms with E-state index >= 15 is 0 Å². The van der Waals surface area contributed by atoms with Gasteiger partial charge in [-0.15, -0.1) is 5.10 Å². The molecule has 10 heteroatoms. The fourth-order valence-corrected chi connectivity index (χ4v) is 1.67. The van der Waals surface area contributed by atoms with Crippen molar-refractivity contribution < 1.29 is 9.53 Å². The Morgan fingerprint density at radius 3 is 2.48 bits per heavy atom. The van der Waals surface area contributed by atoms with E-state index in [0.717, 1.165) is 15.2 Å². The van der Waals surface area contributed by atoms with Gasteiger partial charge < -0.3 is 10.1 Å². The van der Waals surface area contributed by atoms with Crippen molar-refractivity contribution in [1.29, 1.82) is 0 Å². The third-order valence-corrected chi connectivity index (χ3v) is 2.88. The lowest BCUT2D eigenvalue weighted by Crippen LogP contribution is -2.38. The predicted molar refractivity (Wildman–Crippen MR) is 72.4 cm³/mol. The van der Waals surface area contributed by atoms with Crippen molar-refractivity contribution in [3.8, 4) is 6.01 Å². The summed E-state index contributed by atoms with van der Waals surface area (Å²) in [5.41, 5.74) is -1.08. The van der Waals surface area contributed by atoms with Crippen LogP contribution in [0.4, 0.5) is 5.82 Å². The predicted octanol–water partition coefficient (Wildman–Crippen LogP) is -1.53. The number of amides is 1. The zero-order chi connectivity index (χ0) is 15.7. The SMILES string of the molecule is COc1nc(C(=O)Nc2cc(=O)n(C)c(=O)n2C)nn1C. The molecule has 2 rings (SSSR count). The Morgan fingerprint density at radius 2 is 1.90 bits per heavy atom. The largest absolute Gasteiger partial charge is 0.467 e. The minimum absolute atomic E-state index is 0.0551. The van der Waals surface area contributed by atoms with Gasteiger partial charge in [0.1, 0.15) is 5.82 Å². The Kier molecular flexibility index (Phi) is 3.61. The molecule has 0 aromatic carbocycles. The van der Waals surface area contributed by atoms with Crippen LogP contribution >= 0.6 is 0 Å². The molecule has 0 atom stereocenters. The highest BCUT2D eigenvalue weighted by atomic mass is 16.5. The van der Waals surface area contributed by atoms with Gasteiger partial charge in [-0.3, -0.25) is 18.7 Å². The number of ether oxygens (including phenoxy) is 1. The lowest BCUT2D eigenvalue weighted by atomic mass is 10.5. The van der Waals surface area contributed by atoms with Gasteiger partial charge in [0, 0.05) is 27.2 Å². The minimum Gasteiger partial charge on any atom is -0.467 e. The van der Waals surface area contributed by atoms with E-state index in [4.69, 9.17) is 4.74 Å². The molecule has 0 unspecified atom stereocenters. The van der Waals surface area contributed by atoms with Crippen LogP contribution in [0.2, 0.25) is 0 Å². The molecule has 1 N–H and O–H groups in total. The molecule has 0 saturated heterocycles. The molecule has 0 aliphatic heterocycles. The molecular weight excluding hydrogens is 280 g/mol. The van der Waals surface area contributed by atoms with E-state index in [2.05, 4.69) is 15.4 Å². The maximum Gasteiger partial charge on any atom is 0.332 e. The van der Waals surface area contributed by atoms with Crippen LogP contribution in [-0.4, -0.2) is 36.9 Å². The number of carbonyl (C=O) groups is 1. The second-order valence-electron chi connectivity index (χ2n) is 4.27. The smallest absolute Gasteiger partial charge is 0.332 e. The summed E-state index contributed by atoms with van der Waals surface area (Å²) >= 11 is 0. The maximum atomic E-state index is 12.0.